The van der Waals surface area contributed by atoms with Gasteiger partial charge >= 0.3 is 0 Å². The van der Waals surface area contributed by atoms with Crippen molar-refractivity contribution in [1.29, 1.82) is 0 Å². The molecule has 24 heavy (non-hydrogen) atoms. The van der Waals surface area contributed by atoms with E-state index in [9.17, 15) is 9.59 Å². The predicted molar refractivity (Wildman–Crippen MR) is 84.5 cm³/mol. The summed E-state index contributed by atoms with van der Waals surface area (Å²) in [7, 11) is 0. The number of anilines is 1. The molecule has 2 amide bonds. The van der Waals surface area contributed by atoms with Gasteiger partial charge in [0, 0.05) is 13.1 Å². The van der Waals surface area contributed by atoms with Crippen LogP contribution in [0.25, 0.3) is 0 Å². The molecule has 1 saturated heterocycles. The number of nitrogens with zero attached hydrogens (tertiary/aromatic N) is 5. The summed E-state index contributed by atoms with van der Waals surface area (Å²) < 4.78 is 7.34. The Morgan fingerprint density at radius 2 is 2.12 bits per heavy atom. The monoisotopic (exact) mass is 327 g/mol. The number of hydrogen-bond donors (Lipinski definition) is 0. The van der Waals surface area contributed by atoms with Crippen molar-refractivity contribution >= 4 is 17.5 Å². The van der Waals surface area contributed by atoms with E-state index in [-0.39, 0.29) is 24.4 Å². The van der Waals surface area contributed by atoms with Gasteiger partial charge < -0.3 is 9.64 Å². The molecule has 1 fully saturated rings. The number of amides is 2. The zero-order chi connectivity index (χ0) is 16.7. The Bertz CT molecular complexity index is 770. The number of para-hydroxylation sites is 2. The van der Waals surface area contributed by atoms with Crippen LogP contribution in [0.2, 0.25) is 0 Å². The fourth-order valence-corrected chi connectivity index (χ4v) is 2.99. The Labute approximate surface area is 138 Å². The first-order valence-electron chi connectivity index (χ1n) is 7.82. The molecule has 1 atom stereocenters. The number of hydrogen-bond acceptors (Lipinski definition) is 5. The van der Waals surface area contributed by atoms with Crippen LogP contribution in [0.4, 0.5) is 5.69 Å². The topological polar surface area (TPSA) is 80.6 Å². The molecular weight excluding hydrogens is 310 g/mol. The minimum atomic E-state index is -0.591. The summed E-state index contributed by atoms with van der Waals surface area (Å²) in [6.07, 6.45) is 2.54. The number of likely N-dealkylation sites (tertiary alicyclic amines) is 1. The fraction of sp³-hybridized carbons (Fsp3) is 0.375. The molecule has 0 spiro atoms. The van der Waals surface area contributed by atoms with Crippen LogP contribution < -0.4 is 9.64 Å². The molecule has 1 unspecified atom stereocenters. The number of carbonyl (C=O) groups is 2. The minimum absolute atomic E-state index is 0.0215. The van der Waals surface area contributed by atoms with Crippen LogP contribution in [-0.2, 0) is 9.59 Å². The Morgan fingerprint density at radius 1 is 1.33 bits per heavy atom. The summed E-state index contributed by atoms with van der Waals surface area (Å²) in [6, 6.07) is 7.43. The van der Waals surface area contributed by atoms with Gasteiger partial charge in [-0.25, -0.2) is 9.67 Å². The molecule has 124 valence electrons. The summed E-state index contributed by atoms with van der Waals surface area (Å²) >= 11 is 0. The average Bonchev–Trinajstić information content (AvgIpc) is 3.04. The van der Waals surface area contributed by atoms with Crippen molar-refractivity contribution in [3.05, 3.63) is 36.9 Å². The van der Waals surface area contributed by atoms with Crippen LogP contribution in [0.1, 0.15) is 13.0 Å². The number of aromatic nitrogens is 3. The van der Waals surface area contributed by atoms with Gasteiger partial charge in [-0.3, -0.25) is 14.5 Å². The third-order valence-electron chi connectivity index (χ3n) is 4.39. The average molecular weight is 327 g/mol. The molecule has 0 bridgehead atoms. The minimum Gasteiger partial charge on any atom is -0.479 e. The molecule has 2 aliphatic rings. The maximum atomic E-state index is 12.5. The molecule has 0 aliphatic carbocycles. The van der Waals surface area contributed by atoms with Gasteiger partial charge in [-0.1, -0.05) is 12.1 Å². The van der Waals surface area contributed by atoms with Crippen LogP contribution in [0, 0.1) is 0 Å². The van der Waals surface area contributed by atoms with Crippen molar-refractivity contribution < 1.29 is 14.3 Å². The summed E-state index contributed by atoms with van der Waals surface area (Å²) in [5.74, 6) is 0.348. The quantitative estimate of drug-likeness (QED) is 0.819. The van der Waals surface area contributed by atoms with Crippen LogP contribution >= 0.6 is 0 Å². The van der Waals surface area contributed by atoms with Crippen molar-refractivity contribution in [2.75, 3.05) is 24.5 Å². The molecule has 1 aromatic carbocycles. The van der Waals surface area contributed by atoms with Crippen molar-refractivity contribution in [2.24, 2.45) is 0 Å². The summed E-state index contributed by atoms with van der Waals surface area (Å²) in [4.78, 5) is 32.1. The van der Waals surface area contributed by atoms with Gasteiger partial charge in [-0.15, -0.1) is 0 Å². The predicted octanol–water partition coefficient (Wildman–Crippen LogP) is 0.476. The van der Waals surface area contributed by atoms with E-state index in [1.165, 1.54) is 11.2 Å². The third kappa shape index (κ3) is 2.40. The first-order valence-corrected chi connectivity index (χ1v) is 7.82. The maximum Gasteiger partial charge on any atom is 0.268 e. The molecule has 0 saturated carbocycles. The highest BCUT2D eigenvalue weighted by Gasteiger charge is 2.37. The van der Waals surface area contributed by atoms with Gasteiger partial charge in [0.15, 0.2) is 6.10 Å². The standard InChI is InChI=1S/C16H17N5O3/c1-11-16(23)20(13-4-2-3-5-14(13)24-11)8-15(22)19-6-12(7-19)21-10-17-9-18-21/h2-5,9-12H,6-8H2,1H3. The molecule has 1 aromatic heterocycles. The van der Waals surface area contributed by atoms with E-state index >= 15 is 0 Å². The normalized spacial score (nSPS) is 20.4. The smallest absolute Gasteiger partial charge is 0.268 e. The maximum absolute atomic E-state index is 12.5. The Hall–Kier alpha value is -2.90. The van der Waals surface area contributed by atoms with Crippen LogP contribution in [0.15, 0.2) is 36.9 Å². The molecule has 2 aromatic rings. The number of ether oxygens (including phenoxy) is 1. The van der Waals surface area contributed by atoms with Gasteiger partial charge in [0.25, 0.3) is 5.91 Å². The Kier molecular flexibility index (Phi) is 3.44. The first-order chi connectivity index (χ1) is 11.6. The van der Waals surface area contributed by atoms with Gasteiger partial charge in [0.2, 0.25) is 5.91 Å². The summed E-state index contributed by atoms with van der Waals surface area (Å²) in [5, 5.41) is 4.09. The molecule has 3 heterocycles. The molecule has 0 radical (unpaired) electrons. The third-order valence-corrected chi connectivity index (χ3v) is 4.39. The van der Waals surface area contributed by atoms with E-state index in [0.29, 0.717) is 24.5 Å². The van der Waals surface area contributed by atoms with Crippen LogP contribution in [-0.4, -0.2) is 57.2 Å². The first kappa shape index (κ1) is 14.7. The van der Waals surface area contributed by atoms with Crippen molar-refractivity contribution in [2.45, 2.75) is 19.1 Å². The molecular formula is C16H17N5O3. The Balaban J connectivity index is 1.45. The van der Waals surface area contributed by atoms with Crippen molar-refractivity contribution in [1.82, 2.24) is 19.7 Å². The van der Waals surface area contributed by atoms with Gasteiger partial charge in [-0.05, 0) is 19.1 Å². The molecule has 8 nitrogen and oxygen atoms in total. The number of rotatable bonds is 3. The largest absolute Gasteiger partial charge is 0.479 e. The van der Waals surface area contributed by atoms with Gasteiger partial charge in [0.1, 0.15) is 24.9 Å². The molecule has 8 heteroatoms. The summed E-state index contributed by atoms with van der Waals surface area (Å²) in [6.45, 7) is 2.88. The highest BCUT2D eigenvalue weighted by molar-refractivity contribution is 6.03. The number of benzene rings is 1. The number of fused-ring (bicyclic) bond motifs is 1. The highest BCUT2D eigenvalue weighted by Crippen LogP contribution is 2.33. The fourth-order valence-electron chi connectivity index (χ4n) is 2.99. The highest BCUT2D eigenvalue weighted by atomic mass is 16.5. The lowest BCUT2D eigenvalue weighted by atomic mass is 10.1. The van der Waals surface area contributed by atoms with Gasteiger partial charge in [0.05, 0.1) is 11.7 Å². The van der Waals surface area contributed by atoms with Crippen molar-refractivity contribution in [3.63, 3.8) is 0 Å². The Morgan fingerprint density at radius 3 is 2.88 bits per heavy atom. The van der Waals surface area contributed by atoms with Crippen molar-refractivity contribution in [3.8, 4) is 5.75 Å². The van der Waals surface area contributed by atoms with Crippen LogP contribution in [0.3, 0.4) is 0 Å². The van der Waals surface area contributed by atoms with E-state index in [1.54, 1.807) is 35.0 Å². The molecule has 4 rings (SSSR count). The van der Waals surface area contributed by atoms with Gasteiger partial charge in [-0.2, -0.15) is 5.10 Å². The summed E-state index contributed by atoms with van der Waals surface area (Å²) in [5.41, 5.74) is 0.641. The lowest BCUT2D eigenvalue weighted by molar-refractivity contribution is -0.137. The SMILES string of the molecule is CC1Oc2ccccc2N(CC(=O)N2CC(n3cncn3)C2)C1=O. The second-order valence-corrected chi connectivity index (χ2v) is 5.98. The van der Waals surface area contributed by atoms with Crippen LogP contribution in [0.5, 0.6) is 5.75 Å². The van der Waals surface area contributed by atoms with E-state index in [2.05, 4.69) is 10.1 Å². The molecule has 2 aliphatic heterocycles. The molecule has 0 N–H and O–H groups in total. The second-order valence-electron chi connectivity index (χ2n) is 5.98. The lowest BCUT2D eigenvalue weighted by Crippen LogP contribution is -2.56. The second kappa shape index (κ2) is 5.63. The lowest BCUT2D eigenvalue weighted by Gasteiger charge is -2.40. The van der Waals surface area contributed by atoms with E-state index in [4.69, 9.17) is 4.74 Å². The van der Waals surface area contributed by atoms with E-state index in [1.807, 2.05) is 12.1 Å². The van der Waals surface area contributed by atoms with E-state index in [0.717, 1.165) is 0 Å². The zero-order valence-corrected chi connectivity index (χ0v) is 13.2. The zero-order valence-electron chi connectivity index (χ0n) is 13.2. The number of carbonyl (C=O) groups excluding carboxylic acids is 2. The van der Waals surface area contributed by atoms with E-state index < -0.39 is 6.10 Å².